The first kappa shape index (κ1) is 16.4. The molecule has 2 aromatic heterocycles. The van der Waals surface area contributed by atoms with E-state index in [1.54, 1.807) is 36.7 Å². The van der Waals surface area contributed by atoms with Crippen LogP contribution in [0.3, 0.4) is 0 Å². The first-order chi connectivity index (χ1) is 11.5. The Bertz CT molecular complexity index is 913. The van der Waals surface area contributed by atoms with Crippen molar-refractivity contribution < 1.29 is 8.42 Å². The number of H-pyrrole nitrogens is 1. The Morgan fingerprint density at radius 1 is 1.00 bits per heavy atom. The van der Waals surface area contributed by atoms with Crippen molar-refractivity contribution in [1.82, 2.24) is 19.9 Å². The van der Waals surface area contributed by atoms with Gasteiger partial charge in [0.1, 0.15) is 0 Å². The van der Waals surface area contributed by atoms with Crippen LogP contribution in [0.5, 0.6) is 0 Å². The van der Waals surface area contributed by atoms with Crippen molar-refractivity contribution in [2.75, 3.05) is 0 Å². The van der Waals surface area contributed by atoms with Gasteiger partial charge < -0.3 is 0 Å². The van der Waals surface area contributed by atoms with Gasteiger partial charge in [-0.3, -0.25) is 10.1 Å². The molecule has 0 aliphatic rings. The molecular weight excluding hydrogens is 324 g/mol. The summed E-state index contributed by atoms with van der Waals surface area (Å²) in [5, 5.41) is 6.92. The molecule has 6 nitrogen and oxygen atoms in total. The van der Waals surface area contributed by atoms with E-state index in [4.69, 9.17) is 0 Å². The molecular formula is C17H18N4O2S. The highest BCUT2D eigenvalue weighted by atomic mass is 32.2. The van der Waals surface area contributed by atoms with Gasteiger partial charge in [-0.15, -0.1) is 0 Å². The molecule has 0 saturated carbocycles. The summed E-state index contributed by atoms with van der Waals surface area (Å²) in [5.41, 5.74) is 4.46. The second-order valence-electron chi connectivity index (χ2n) is 5.50. The molecule has 24 heavy (non-hydrogen) atoms. The number of aryl methyl sites for hydroxylation is 2. The van der Waals surface area contributed by atoms with Gasteiger partial charge in [0.2, 0.25) is 10.0 Å². The number of aromatic amines is 1. The highest BCUT2D eigenvalue weighted by molar-refractivity contribution is 7.89. The summed E-state index contributed by atoms with van der Waals surface area (Å²) < 4.78 is 27.5. The Morgan fingerprint density at radius 2 is 1.62 bits per heavy atom. The van der Waals surface area contributed by atoms with Crippen LogP contribution in [0.15, 0.2) is 53.7 Å². The molecule has 7 heteroatoms. The summed E-state index contributed by atoms with van der Waals surface area (Å²) in [7, 11) is -3.57. The Labute approximate surface area is 141 Å². The van der Waals surface area contributed by atoms with Gasteiger partial charge in [0.05, 0.1) is 10.6 Å². The molecule has 0 amide bonds. The van der Waals surface area contributed by atoms with Crippen LogP contribution in [0.25, 0.3) is 11.1 Å². The van der Waals surface area contributed by atoms with Gasteiger partial charge in [-0.2, -0.15) is 5.10 Å². The average Bonchev–Trinajstić information content (AvgIpc) is 2.92. The zero-order valence-corrected chi connectivity index (χ0v) is 14.3. The van der Waals surface area contributed by atoms with E-state index in [0.29, 0.717) is 0 Å². The van der Waals surface area contributed by atoms with Gasteiger partial charge in [-0.1, -0.05) is 12.1 Å². The Morgan fingerprint density at radius 3 is 2.21 bits per heavy atom. The molecule has 0 atom stereocenters. The predicted molar refractivity (Wildman–Crippen MR) is 91.8 cm³/mol. The minimum absolute atomic E-state index is 0.211. The minimum atomic E-state index is -3.57. The molecule has 124 valence electrons. The molecule has 0 radical (unpaired) electrons. The number of nitrogens with zero attached hydrogens (tertiary/aromatic N) is 2. The molecule has 1 aromatic carbocycles. The van der Waals surface area contributed by atoms with E-state index in [1.807, 2.05) is 26.0 Å². The molecule has 0 aliphatic carbocycles. The van der Waals surface area contributed by atoms with E-state index in [2.05, 4.69) is 19.9 Å². The van der Waals surface area contributed by atoms with E-state index in [9.17, 15) is 8.42 Å². The Hall–Kier alpha value is -2.51. The van der Waals surface area contributed by atoms with Crippen LogP contribution in [0, 0.1) is 13.8 Å². The number of aromatic nitrogens is 3. The van der Waals surface area contributed by atoms with Crippen molar-refractivity contribution in [2.45, 2.75) is 25.3 Å². The molecule has 0 aliphatic heterocycles. The monoisotopic (exact) mass is 342 g/mol. The summed E-state index contributed by atoms with van der Waals surface area (Å²) >= 11 is 0. The summed E-state index contributed by atoms with van der Waals surface area (Å²) in [5.74, 6) is 0. The Balaban J connectivity index is 1.78. The zero-order valence-electron chi connectivity index (χ0n) is 13.4. The number of nitrogens with one attached hydrogen (secondary N) is 2. The lowest BCUT2D eigenvalue weighted by Gasteiger charge is -2.08. The van der Waals surface area contributed by atoms with Gasteiger partial charge in [0.15, 0.2) is 0 Å². The third kappa shape index (κ3) is 3.37. The van der Waals surface area contributed by atoms with Gasteiger partial charge in [-0.25, -0.2) is 13.1 Å². The van der Waals surface area contributed by atoms with Crippen LogP contribution < -0.4 is 4.72 Å². The fraction of sp³-hybridized carbons (Fsp3) is 0.176. The lowest BCUT2D eigenvalue weighted by molar-refractivity contribution is 0.581. The average molecular weight is 342 g/mol. The molecule has 0 spiro atoms. The Kier molecular flexibility index (Phi) is 4.46. The third-order valence-corrected chi connectivity index (χ3v) is 5.32. The van der Waals surface area contributed by atoms with Crippen molar-refractivity contribution in [3.63, 3.8) is 0 Å². The summed E-state index contributed by atoms with van der Waals surface area (Å²) in [4.78, 5) is 4.21. The maximum absolute atomic E-state index is 12.4. The van der Waals surface area contributed by atoms with Crippen molar-refractivity contribution in [3.8, 4) is 11.1 Å². The number of rotatable bonds is 5. The largest absolute Gasteiger partial charge is 0.282 e. The molecule has 3 aromatic rings. The first-order valence-electron chi connectivity index (χ1n) is 7.48. The molecule has 2 N–H and O–H groups in total. The second kappa shape index (κ2) is 6.54. The van der Waals surface area contributed by atoms with Crippen LogP contribution in [-0.2, 0) is 16.6 Å². The smallest absolute Gasteiger partial charge is 0.240 e. The van der Waals surface area contributed by atoms with Gasteiger partial charge in [-0.05, 0) is 49.2 Å². The second-order valence-corrected chi connectivity index (χ2v) is 7.26. The number of hydrogen-bond acceptors (Lipinski definition) is 4. The maximum atomic E-state index is 12.4. The lowest BCUT2D eigenvalue weighted by atomic mass is 10.1. The first-order valence-corrected chi connectivity index (χ1v) is 8.96. The summed E-state index contributed by atoms with van der Waals surface area (Å²) in [6.07, 6.45) is 3.41. The highest BCUT2D eigenvalue weighted by Crippen LogP contribution is 2.20. The van der Waals surface area contributed by atoms with Crippen LogP contribution in [0.2, 0.25) is 0 Å². The lowest BCUT2D eigenvalue weighted by Crippen LogP contribution is -2.23. The normalized spacial score (nSPS) is 11.6. The molecule has 0 fully saturated rings. The number of pyridine rings is 1. The minimum Gasteiger partial charge on any atom is -0.282 e. The molecule has 3 rings (SSSR count). The fourth-order valence-corrected chi connectivity index (χ4v) is 3.45. The van der Waals surface area contributed by atoms with Crippen molar-refractivity contribution in [3.05, 3.63) is 65.7 Å². The summed E-state index contributed by atoms with van der Waals surface area (Å²) in [6.45, 7) is 3.92. The van der Waals surface area contributed by atoms with E-state index in [-0.39, 0.29) is 11.4 Å². The predicted octanol–water partition coefficient (Wildman–Crippen LogP) is 2.57. The number of benzene rings is 1. The fourth-order valence-electron chi connectivity index (χ4n) is 2.46. The molecule has 0 saturated heterocycles. The van der Waals surface area contributed by atoms with E-state index < -0.39 is 10.0 Å². The van der Waals surface area contributed by atoms with E-state index in [1.165, 1.54) is 0 Å². The third-order valence-electron chi connectivity index (χ3n) is 3.90. The number of hydrogen-bond donors (Lipinski definition) is 2. The van der Waals surface area contributed by atoms with Crippen LogP contribution in [0.1, 0.15) is 17.0 Å². The molecule has 0 unspecified atom stereocenters. The SMILES string of the molecule is Cc1n[nH]c(C)c1CNS(=O)(=O)c1ccc(-c2ccncc2)cc1. The number of sulfonamides is 1. The zero-order chi connectivity index (χ0) is 17.2. The summed E-state index contributed by atoms with van der Waals surface area (Å²) in [6, 6.07) is 10.6. The van der Waals surface area contributed by atoms with Crippen LogP contribution in [-0.4, -0.2) is 23.6 Å². The van der Waals surface area contributed by atoms with Crippen molar-refractivity contribution in [1.29, 1.82) is 0 Å². The van der Waals surface area contributed by atoms with Gasteiger partial charge >= 0.3 is 0 Å². The molecule has 0 bridgehead atoms. The van der Waals surface area contributed by atoms with Crippen LogP contribution in [0.4, 0.5) is 0 Å². The van der Waals surface area contributed by atoms with Gasteiger partial charge in [0.25, 0.3) is 0 Å². The topological polar surface area (TPSA) is 87.7 Å². The maximum Gasteiger partial charge on any atom is 0.240 e. The van der Waals surface area contributed by atoms with E-state index in [0.717, 1.165) is 28.1 Å². The van der Waals surface area contributed by atoms with Crippen molar-refractivity contribution in [2.24, 2.45) is 0 Å². The van der Waals surface area contributed by atoms with Gasteiger partial charge in [0, 0.05) is 30.2 Å². The standard InChI is InChI=1S/C17H18N4O2S/c1-12-17(13(2)21-20-12)11-19-24(22,23)16-5-3-14(4-6-16)15-7-9-18-10-8-15/h3-10,19H,11H2,1-2H3,(H,20,21). The van der Waals surface area contributed by atoms with Crippen LogP contribution >= 0.6 is 0 Å². The highest BCUT2D eigenvalue weighted by Gasteiger charge is 2.16. The van der Waals surface area contributed by atoms with E-state index >= 15 is 0 Å². The quantitative estimate of drug-likeness (QED) is 0.746. The van der Waals surface area contributed by atoms with Crippen molar-refractivity contribution >= 4 is 10.0 Å². The molecule has 2 heterocycles.